The first-order valence-electron chi connectivity index (χ1n) is 5.20. The summed E-state index contributed by atoms with van der Waals surface area (Å²) in [6.45, 7) is 0.409. The first kappa shape index (κ1) is 11.3. The molecule has 1 aromatic heterocycles. The van der Waals surface area contributed by atoms with E-state index in [0.717, 1.165) is 0 Å². The molecule has 17 heavy (non-hydrogen) atoms. The third kappa shape index (κ3) is 2.69. The van der Waals surface area contributed by atoms with Crippen molar-refractivity contribution in [3.05, 3.63) is 48.2 Å². The van der Waals surface area contributed by atoms with Crippen LogP contribution >= 0.6 is 0 Å². The third-order valence-electron chi connectivity index (χ3n) is 2.37. The summed E-state index contributed by atoms with van der Waals surface area (Å²) in [5.41, 5.74) is 6.07. The van der Waals surface area contributed by atoms with Gasteiger partial charge in [0.1, 0.15) is 17.5 Å². The van der Waals surface area contributed by atoms with Gasteiger partial charge < -0.3 is 10.6 Å². The molecule has 0 aliphatic carbocycles. The van der Waals surface area contributed by atoms with Gasteiger partial charge in [0.25, 0.3) is 0 Å². The van der Waals surface area contributed by atoms with Crippen LogP contribution in [0.4, 0.5) is 15.9 Å². The SMILES string of the molecule is CN(Cc1nccc(N)n1)c1ccccc1F. The lowest BCUT2D eigenvalue weighted by Gasteiger charge is -2.18. The number of para-hydroxylation sites is 1. The fraction of sp³-hybridized carbons (Fsp3) is 0.167. The molecule has 0 radical (unpaired) electrons. The number of halogens is 1. The highest BCUT2D eigenvalue weighted by Gasteiger charge is 2.08. The van der Waals surface area contributed by atoms with Crippen LogP contribution in [0.25, 0.3) is 0 Å². The summed E-state index contributed by atoms with van der Waals surface area (Å²) in [7, 11) is 1.78. The number of anilines is 2. The van der Waals surface area contributed by atoms with Crippen molar-refractivity contribution in [1.82, 2.24) is 9.97 Å². The molecule has 0 saturated heterocycles. The quantitative estimate of drug-likeness (QED) is 0.877. The Morgan fingerprint density at radius 2 is 2.06 bits per heavy atom. The summed E-state index contributed by atoms with van der Waals surface area (Å²) in [6.07, 6.45) is 1.59. The lowest BCUT2D eigenvalue weighted by atomic mass is 10.3. The van der Waals surface area contributed by atoms with Gasteiger partial charge in [-0.15, -0.1) is 0 Å². The molecule has 0 bridgehead atoms. The van der Waals surface area contributed by atoms with Crippen LogP contribution in [-0.4, -0.2) is 17.0 Å². The zero-order chi connectivity index (χ0) is 12.3. The van der Waals surface area contributed by atoms with Crippen molar-refractivity contribution >= 4 is 11.5 Å². The molecular weight excluding hydrogens is 219 g/mol. The van der Waals surface area contributed by atoms with Crippen molar-refractivity contribution in [2.75, 3.05) is 17.7 Å². The number of hydrogen-bond donors (Lipinski definition) is 1. The van der Waals surface area contributed by atoms with Gasteiger partial charge in [0.2, 0.25) is 0 Å². The molecule has 0 aliphatic heterocycles. The largest absolute Gasteiger partial charge is 0.384 e. The second kappa shape index (κ2) is 4.78. The molecule has 2 rings (SSSR count). The summed E-state index contributed by atoms with van der Waals surface area (Å²) < 4.78 is 13.5. The van der Waals surface area contributed by atoms with Gasteiger partial charge in [-0.1, -0.05) is 12.1 Å². The predicted molar refractivity (Wildman–Crippen MR) is 65.0 cm³/mol. The molecule has 88 valence electrons. The van der Waals surface area contributed by atoms with E-state index in [9.17, 15) is 4.39 Å². The maximum Gasteiger partial charge on any atom is 0.149 e. The summed E-state index contributed by atoms with van der Waals surface area (Å²) >= 11 is 0. The Balaban J connectivity index is 2.17. The smallest absolute Gasteiger partial charge is 0.149 e. The molecule has 0 saturated carbocycles. The first-order chi connectivity index (χ1) is 8.16. The molecule has 2 aromatic rings. The Morgan fingerprint density at radius 3 is 2.76 bits per heavy atom. The fourth-order valence-corrected chi connectivity index (χ4v) is 1.55. The van der Waals surface area contributed by atoms with Gasteiger partial charge in [0.05, 0.1) is 12.2 Å². The minimum Gasteiger partial charge on any atom is -0.384 e. The normalized spacial score (nSPS) is 10.2. The average Bonchev–Trinajstić information content (AvgIpc) is 2.29. The highest BCUT2D eigenvalue weighted by Crippen LogP contribution is 2.18. The van der Waals surface area contributed by atoms with Gasteiger partial charge in [-0.2, -0.15) is 0 Å². The lowest BCUT2D eigenvalue weighted by Crippen LogP contribution is -2.19. The van der Waals surface area contributed by atoms with Crippen molar-refractivity contribution in [2.45, 2.75) is 6.54 Å². The minimum absolute atomic E-state index is 0.265. The molecule has 0 fully saturated rings. The van der Waals surface area contributed by atoms with Gasteiger partial charge in [-0.25, -0.2) is 14.4 Å². The van der Waals surface area contributed by atoms with Crippen LogP contribution in [0.3, 0.4) is 0 Å². The molecule has 0 atom stereocenters. The molecule has 0 spiro atoms. The molecule has 5 heteroatoms. The Hall–Kier alpha value is -2.17. The Labute approximate surface area is 98.9 Å². The van der Waals surface area contributed by atoms with Crippen molar-refractivity contribution in [2.24, 2.45) is 0 Å². The van der Waals surface area contributed by atoms with Crippen molar-refractivity contribution in [1.29, 1.82) is 0 Å². The Kier molecular flexibility index (Phi) is 3.18. The van der Waals surface area contributed by atoms with Gasteiger partial charge in [0, 0.05) is 13.2 Å². The van der Waals surface area contributed by atoms with Crippen LogP contribution in [0.15, 0.2) is 36.5 Å². The molecule has 0 aliphatic rings. The van der Waals surface area contributed by atoms with Crippen molar-refractivity contribution < 1.29 is 4.39 Å². The number of benzene rings is 1. The molecule has 2 N–H and O–H groups in total. The monoisotopic (exact) mass is 232 g/mol. The van der Waals surface area contributed by atoms with E-state index in [0.29, 0.717) is 23.9 Å². The number of nitrogens with zero attached hydrogens (tertiary/aromatic N) is 3. The van der Waals surface area contributed by atoms with E-state index >= 15 is 0 Å². The predicted octanol–water partition coefficient (Wildman–Crippen LogP) is 1.83. The van der Waals surface area contributed by atoms with Crippen LogP contribution in [-0.2, 0) is 6.54 Å². The summed E-state index contributed by atoms with van der Waals surface area (Å²) in [4.78, 5) is 9.89. The molecule has 0 amide bonds. The second-order valence-electron chi connectivity index (χ2n) is 3.71. The highest BCUT2D eigenvalue weighted by atomic mass is 19.1. The van der Waals surface area contributed by atoms with Crippen molar-refractivity contribution in [3.8, 4) is 0 Å². The van der Waals surface area contributed by atoms with Crippen LogP contribution in [0, 0.1) is 5.82 Å². The molecule has 1 aromatic carbocycles. The van der Waals surface area contributed by atoms with Gasteiger partial charge in [0.15, 0.2) is 0 Å². The van der Waals surface area contributed by atoms with Gasteiger partial charge in [-0.3, -0.25) is 0 Å². The van der Waals surface area contributed by atoms with E-state index in [4.69, 9.17) is 5.73 Å². The van der Waals surface area contributed by atoms with Gasteiger partial charge >= 0.3 is 0 Å². The zero-order valence-corrected chi connectivity index (χ0v) is 9.47. The Morgan fingerprint density at radius 1 is 1.29 bits per heavy atom. The zero-order valence-electron chi connectivity index (χ0n) is 9.47. The number of rotatable bonds is 3. The van der Waals surface area contributed by atoms with Crippen molar-refractivity contribution in [3.63, 3.8) is 0 Å². The maximum atomic E-state index is 13.5. The van der Waals surface area contributed by atoms with E-state index in [-0.39, 0.29) is 5.82 Å². The lowest BCUT2D eigenvalue weighted by molar-refractivity contribution is 0.621. The standard InChI is InChI=1S/C12H13FN4/c1-17(10-5-3-2-4-9(10)13)8-12-15-7-6-11(14)16-12/h2-7H,8H2,1H3,(H2,14,15,16). The summed E-state index contributed by atoms with van der Waals surface area (Å²) in [6, 6.07) is 8.19. The fourth-order valence-electron chi connectivity index (χ4n) is 1.55. The number of nitrogens with two attached hydrogens (primary N) is 1. The van der Waals surface area contributed by atoms with E-state index in [1.165, 1.54) is 6.07 Å². The number of hydrogen-bond acceptors (Lipinski definition) is 4. The summed E-state index contributed by atoms with van der Waals surface area (Å²) in [5, 5.41) is 0. The van der Waals surface area contributed by atoms with Crippen LogP contribution < -0.4 is 10.6 Å². The molecule has 4 nitrogen and oxygen atoms in total. The number of aromatic nitrogens is 2. The van der Waals surface area contributed by atoms with E-state index in [1.807, 2.05) is 0 Å². The topological polar surface area (TPSA) is 55.0 Å². The third-order valence-corrected chi connectivity index (χ3v) is 2.37. The highest BCUT2D eigenvalue weighted by molar-refractivity contribution is 5.46. The van der Waals surface area contributed by atoms with Gasteiger partial charge in [-0.05, 0) is 18.2 Å². The molecule has 0 unspecified atom stereocenters. The van der Waals surface area contributed by atoms with E-state index in [1.54, 1.807) is 42.4 Å². The van der Waals surface area contributed by atoms with E-state index in [2.05, 4.69) is 9.97 Å². The number of nitrogen functional groups attached to an aromatic ring is 1. The van der Waals surface area contributed by atoms with E-state index < -0.39 is 0 Å². The second-order valence-corrected chi connectivity index (χ2v) is 3.71. The summed E-state index contributed by atoms with van der Waals surface area (Å²) in [5.74, 6) is 0.714. The molecular formula is C12H13FN4. The minimum atomic E-state index is -0.265. The van der Waals surface area contributed by atoms with Crippen LogP contribution in [0.2, 0.25) is 0 Å². The van der Waals surface area contributed by atoms with Crippen LogP contribution in [0.1, 0.15) is 5.82 Å². The molecule has 1 heterocycles. The average molecular weight is 232 g/mol. The first-order valence-corrected chi connectivity index (χ1v) is 5.20. The Bertz CT molecular complexity index is 515. The van der Waals surface area contributed by atoms with Crippen LogP contribution in [0.5, 0.6) is 0 Å². The maximum absolute atomic E-state index is 13.5.